The molecule has 112 valence electrons. The number of amides is 1. The number of hydrogen-bond donors (Lipinski definition) is 2. The van der Waals surface area contributed by atoms with Gasteiger partial charge in [0.15, 0.2) is 11.5 Å². The minimum Gasteiger partial charge on any atom is -0.493 e. The predicted octanol–water partition coefficient (Wildman–Crippen LogP) is 2.41. The lowest BCUT2D eigenvalue weighted by atomic mass is 9.87. The average Bonchev–Trinajstić information content (AvgIpc) is 2.37. The van der Waals surface area contributed by atoms with Gasteiger partial charge >= 0.3 is 0 Å². The first kappa shape index (κ1) is 16.3. The molecule has 5 heteroatoms. The molecule has 1 aromatic carbocycles. The van der Waals surface area contributed by atoms with Crippen LogP contribution in [-0.4, -0.2) is 25.7 Å². The van der Waals surface area contributed by atoms with Crippen molar-refractivity contribution < 1.29 is 14.3 Å². The maximum absolute atomic E-state index is 12.1. The van der Waals surface area contributed by atoms with Gasteiger partial charge in [-0.15, -0.1) is 0 Å². The number of methoxy groups -OCH3 is 1. The lowest BCUT2D eigenvalue weighted by Crippen LogP contribution is -2.45. The van der Waals surface area contributed by atoms with Gasteiger partial charge in [-0.25, -0.2) is 0 Å². The third-order valence-corrected chi connectivity index (χ3v) is 2.95. The first-order chi connectivity index (χ1) is 9.29. The topological polar surface area (TPSA) is 73.6 Å². The van der Waals surface area contributed by atoms with Gasteiger partial charge in [0.05, 0.1) is 19.8 Å². The van der Waals surface area contributed by atoms with Crippen molar-refractivity contribution in [3.8, 4) is 11.5 Å². The quantitative estimate of drug-likeness (QED) is 0.868. The van der Waals surface area contributed by atoms with Crippen molar-refractivity contribution in [2.45, 2.75) is 33.7 Å². The molecule has 1 amide bonds. The third kappa shape index (κ3) is 4.13. The van der Waals surface area contributed by atoms with Gasteiger partial charge in [-0.05, 0) is 24.5 Å². The van der Waals surface area contributed by atoms with Crippen molar-refractivity contribution in [2.75, 3.05) is 19.0 Å². The highest BCUT2D eigenvalue weighted by atomic mass is 16.5. The number of nitrogens with two attached hydrogens (primary N) is 1. The van der Waals surface area contributed by atoms with Crippen molar-refractivity contribution in [1.29, 1.82) is 0 Å². The van der Waals surface area contributed by atoms with Crippen LogP contribution in [0.4, 0.5) is 5.69 Å². The third-order valence-electron chi connectivity index (χ3n) is 2.95. The number of nitrogens with one attached hydrogen (secondary N) is 1. The van der Waals surface area contributed by atoms with E-state index in [0.717, 1.165) is 0 Å². The van der Waals surface area contributed by atoms with E-state index in [2.05, 4.69) is 5.32 Å². The lowest BCUT2D eigenvalue weighted by Gasteiger charge is -2.25. The summed E-state index contributed by atoms with van der Waals surface area (Å²) >= 11 is 0. The predicted molar refractivity (Wildman–Crippen MR) is 80.2 cm³/mol. The van der Waals surface area contributed by atoms with Crippen LogP contribution in [-0.2, 0) is 4.79 Å². The summed E-state index contributed by atoms with van der Waals surface area (Å²) in [6, 6.07) is 4.66. The number of carbonyl (C=O) groups excluding carboxylic acids is 1. The maximum Gasteiger partial charge on any atom is 0.241 e. The van der Waals surface area contributed by atoms with E-state index in [9.17, 15) is 4.79 Å². The van der Waals surface area contributed by atoms with E-state index < -0.39 is 6.04 Å². The minimum absolute atomic E-state index is 0.217. The van der Waals surface area contributed by atoms with Crippen LogP contribution in [0.1, 0.15) is 27.7 Å². The molecule has 0 saturated heterocycles. The summed E-state index contributed by atoms with van der Waals surface area (Å²) < 4.78 is 10.7. The van der Waals surface area contributed by atoms with Gasteiger partial charge in [-0.1, -0.05) is 20.8 Å². The number of rotatable bonds is 5. The Labute approximate surface area is 120 Å². The maximum atomic E-state index is 12.1. The summed E-state index contributed by atoms with van der Waals surface area (Å²) in [4.78, 5) is 12.1. The first-order valence-corrected chi connectivity index (χ1v) is 6.67. The normalized spacial score (nSPS) is 12.7. The van der Waals surface area contributed by atoms with Gasteiger partial charge in [0.2, 0.25) is 5.91 Å². The van der Waals surface area contributed by atoms with Crippen molar-refractivity contribution in [2.24, 2.45) is 11.1 Å². The van der Waals surface area contributed by atoms with Crippen LogP contribution in [0.2, 0.25) is 0 Å². The van der Waals surface area contributed by atoms with Crippen molar-refractivity contribution in [1.82, 2.24) is 0 Å². The fourth-order valence-electron chi connectivity index (χ4n) is 1.64. The standard InChI is InChI=1S/C15H24N2O3/c1-6-20-12-9-10(7-8-11(12)19-5)17-14(18)13(16)15(2,3)4/h7-9,13H,6,16H2,1-5H3,(H,17,18). The van der Waals surface area contributed by atoms with Crippen LogP contribution in [0, 0.1) is 5.41 Å². The second-order valence-corrected chi connectivity index (χ2v) is 5.63. The monoisotopic (exact) mass is 280 g/mol. The van der Waals surface area contributed by atoms with E-state index in [-0.39, 0.29) is 11.3 Å². The Bertz CT molecular complexity index is 467. The molecule has 0 fully saturated rings. The SMILES string of the molecule is CCOc1cc(NC(=O)C(N)C(C)(C)C)ccc1OC. The van der Waals surface area contributed by atoms with E-state index in [4.69, 9.17) is 15.2 Å². The number of carbonyl (C=O) groups is 1. The summed E-state index contributed by atoms with van der Waals surface area (Å²) in [5.41, 5.74) is 6.27. The highest BCUT2D eigenvalue weighted by Gasteiger charge is 2.27. The molecule has 1 aromatic rings. The molecule has 0 aromatic heterocycles. The van der Waals surface area contributed by atoms with Crippen molar-refractivity contribution in [3.05, 3.63) is 18.2 Å². The largest absolute Gasteiger partial charge is 0.493 e. The molecule has 0 bridgehead atoms. The Hall–Kier alpha value is -1.75. The van der Waals surface area contributed by atoms with Crippen molar-refractivity contribution >= 4 is 11.6 Å². The van der Waals surface area contributed by atoms with Crippen LogP contribution in [0.5, 0.6) is 11.5 Å². The molecule has 1 rings (SSSR count). The van der Waals surface area contributed by atoms with Gasteiger partial charge in [0.25, 0.3) is 0 Å². The smallest absolute Gasteiger partial charge is 0.241 e. The molecule has 20 heavy (non-hydrogen) atoms. The van der Waals surface area contributed by atoms with Gasteiger partial charge in [-0.2, -0.15) is 0 Å². The molecule has 1 atom stereocenters. The summed E-state index contributed by atoms with van der Waals surface area (Å²) in [6.07, 6.45) is 0. The molecule has 0 aliphatic heterocycles. The van der Waals surface area contributed by atoms with Crippen molar-refractivity contribution in [3.63, 3.8) is 0 Å². The average molecular weight is 280 g/mol. The van der Waals surface area contributed by atoms with Gasteiger partial charge in [-0.3, -0.25) is 4.79 Å². The van der Waals surface area contributed by atoms with E-state index in [1.165, 1.54) is 0 Å². The van der Waals surface area contributed by atoms with E-state index >= 15 is 0 Å². The Kier molecular flexibility index (Phi) is 5.39. The highest BCUT2D eigenvalue weighted by Crippen LogP contribution is 2.30. The Morgan fingerprint density at radius 2 is 2.00 bits per heavy atom. The molecular formula is C15H24N2O3. The summed E-state index contributed by atoms with van der Waals surface area (Å²) in [6.45, 7) is 8.19. The molecule has 0 aliphatic carbocycles. The molecule has 0 aliphatic rings. The van der Waals surface area contributed by atoms with E-state index in [0.29, 0.717) is 23.8 Å². The molecular weight excluding hydrogens is 256 g/mol. The van der Waals surface area contributed by atoms with E-state index in [1.54, 1.807) is 25.3 Å². The Balaban J connectivity index is 2.88. The molecule has 0 heterocycles. The molecule has 3 N–H and O–H groups in total. The Morgan fingerprint density at radius 1 is 1.35 bits per heavy atom. The minimum atomic E-state index is -0.583. The van der Waals surface area contributed by atoms with E-state index in [1.807, 2.05) is 27.7 Å². The zero-order chi connectivity index (χ0) is 15.3. The van der Waals surface area contributed by atoms with Crippen LogP contribution < -0.4 is 20.5 Å². The Morgan fingerprint density at radius 3 is 2.50 bits per heavy atom. The van der Waals surface area contributed by atoms with Crippen LogP contribution in [0.15, 0.2) is 18.2 Å². The van der Waals surface area contributed by atoms with Gasteiger partial charge in [0.1, 0.15) is 0 Å². The second-order valence-electron chi connectivity index (χ2n) is 5.63. The number of ether oxygens (including phenoxy) is 2. The zero-order valence-corrected chi connectivity index (χ0v) is 12.8. The number of hydrogen-bond acceptors (Lipinski definition) is 4. The molecule has 1 unspecified atom stereocenters. The zero-order valence-electron chi connectivity index (χ0n) is 12.8. The summed E-state index contributed by atoms with van der Waals surface area (Å²) in [7, 11) is 1.58. The first-order valence-electron chi connectivity index (χ1n) is 6.67. The molecule has 0 radical (unpaired) electrons. The summed E-state index contributed by atoms with van der Waals surface area (Å²) in [5.74, 6) is 1.01. The van der Waals surface area contributed by atoms with Crippen LogP contribution in [0.3, 0.4) is 0 Å². The van der Waals surface area contributed by atoms with Crippen LogP contribution in [0.25, 0.3) is 0 Å². The van der Waals surface area contributed by atoms with Gasteiger partial charge < -0.3 is 20.5 Å². The molecule has 0 spiro atoms. The lowest BCUT2D eigenvalue weighted by molar-refractivity contribution is -0.119. The second kappa shape index (κ2) is 6.61. The van der Waals surface area contributed by atoms with Gasteiger partial charge in [0, 0.05) is 11.8 Å². The molecule has 0 saturated carbocycles. The summed E-state index contributed by atoms with van der Waals surface area (Å²) in [5, 5.41) is 2.80. The number of benzene rings is 1. The fourth-order valence-corrected chi connectivity index (χ4v) is 1.64. The fraction of sp³-hybridized carbons (Fsp3) is 0.533. The highest BCUT2D eigenvalue weighted by molar-refractivity contribution is 5.95. The molecule has 5 nitrogen and oxygen atoms in total. The number of anilines is 1. The van der Waals surface area contributed by atoms with Crippen LogP contribution >= 0.6 is 0 Å².